The van der Waals surface area contributed by atoms with E-state index >= 15 is 0 Å². The lowest BCUT2D eigenvalue weighted by molar-refractivity contribution is 0.0921. The van der Waals surface area contributed by atoms with E-state index in [1.807, 2.05) is 5.38 Å². The number of nitrogens with zero attached hydrogens (tertiary/aromatic N) is 1. The van der Waals surface area contributed by atoms with Crippen molar-refractivity contribution < 1.29 is 22.3 Å². The van der Waals surface area contributed by atoms with Crippen LogP contribution < -0.4 is 10.1 Å². The summed E-state index contributed by atoms with van der Waals surface area (Å²) in [5.74, 6) is -0.541. The third-order valence-corrected chi connectivity index (χ3v) is 7.99. The van der Waals surface area contributed by atoms with Crippen LogP contribution in [0.5, 0.6) is 5.75 Å². The van der Waals surface area contributed by atoms with Crippen LogP contribution in [0.2, 0.25) is 0 Å². The summed E-state index contributed by atoms with van der Waals surface area (Å²) in [7, 11) is -2.58. The number of methoxy groups -OCH3 is 1. The number of rotatable bonds is 5. The van der Waals surface area contributed by atoms with E-state index in [0.717, 1.165) is 18.6 Å². The van der Waals surface area contributed by atoms with E-state index in [-0.39, 0.29) is 34.6 Å². The molecule has 2 heterocycles. The first-order valence-corrected chi connectivity index (χ1v) is 10.9. The fourth-order valence-corrected chi connectivity index (χ4v) is 6.58. The first kappa shape index (κ1) is 18.4. The maximum Gasteiger partial charge on any atom is 0.261 e. The molecule has 6 nitrogen and oxygen atoms in total. The van der Waals surface area contributed by atoms with Crippen molar-refractivity contribution in [3.63, 3.8) is 0 Å². The minimum Gasteiger partial charge on any atom is -0.495 e. The highest BCUT2D eigenvalue weighted by Gasteiger charge is 2.50. The van der Waals surface area contributed by atoms with Crippen LogP contribution in [0.1, 0.15) is 22.5 Å². The van der Waals surface area contributed by atoms with E-state index in [9.17, 15) is 17.6 Å². The van der Waals surface area contributed by atoms with Crippen molar-refractivity contribution in [2.45, 2.75) is 29.8 Å². The zero-order valence-corrected chi connectivity index (χ0v) is 16.2. The fourth-order valence-electron chi connectivity index (χ4n) is 4.03. The van der Waals surface area contributed by atoms with Crippen molar-refractivity contribution in [1.82, 2.24) is 9.62 Å². The van der Waals surface area contributed by atoms with Gasteiger partial charge >= 0.3 is 0 Å². The Morgan fingerprint density at radius 3 is 2.81 bits per heavy atom. The van der Waals surface area contributed by atoms with E-state index in [1.165, 1.54) is 28.8 Å². The average Bonchev–Trinajstić information content (AvgIpc) is 3.38. The van der Waals surface area contributed by atoms with Gasteiger partial charge in [-0.15, -0.1) is 11.3 Å². The molecular formula is C18H19FN2O4S2. The van der Waals surface area contributed by atoms with Crippen LogP contribution in [0.3, 0.4) is 0 Å². The standard InChI is InChI=1S/C18H19FN2O4S2/c1-25-15-5-4-12(19)9-17(15)27(23,24)21-10-11-7-13(14(21)8-11)20-18(22)16-3-2-6-26-16/h2-6,9,11,13-14H,7-8,10H2,1H3,(H,20,22)/t11-,13+,14-/m1/s1. The van der Waals surface area contributed by atoms with Gasteiger partial charge < -0.3 is 10.1 Å². The normalized spacial score (nSPS) is 24.9. The number of sulfonamides is 1. The molecule has 144 valence electrons. The molecule has 2 bridgehead atoms. The third-order valence-electron chi connectivity index (χ3n) is 5.21. The second-order valence-corrected chi connectivity index (χ2v) is 9.64. The van der Waals surface area contributed by atoms with Gasteiger partial charge in [0.15, 0.2) is 0 Å². The number of carbonyl (C=O) groups is 1. The SMILES string of the molecule is COc1ccc(F)cc1S(=O)(=O)N1C[C@@H]2C[C@H](NC(=O)c3cccs3)[C@H]1C2. The second-order valence-electron chi connectivity index (χ2n) is 6.83. The molecule has 0 radical (unpaired) electrons. The number of hydrogen-bond donors (Lipinski definition) is 1. The molecule has 1 N–H and O–H groups in total. The van der Waals surface area contributed by atoms with Crippen LogP contribution in [0.15, 0.2) is 40.6 Å². The van der Waals surface area contributed by atoms with Crippen LogP contribution >= 0.6 is 11.3 Å². The van der Waals surface area contributed by atoms with Crippen molar-refractivity contribution in [3.05, 3.63) is 46.4 Å². The van der Waals surface area contributed by atoms with Gasteiger partial charge in [0.1, 0.15) is 16.5 Å². The first-order valence-electron chi connectivity index (χ1n) is 8.60. The first-order chi connectivity index (χ1) is 12.9. The second kappa shape index (κ2) is 6.88. The highest BCUT2D eigenvalue weighted by Crippen LogP contribution is 2.42. The van der Waals surface area contributed by atoms with Gasteiger partial charge in [-0.2, -0.15) is 4.31 Å². The lowest BCUT2D eigenvalue weighted by Gasteiger charge is -2.33. The Kier molecular flexibility index (Phi) is 4.69. The lowest BCUT2D eigenvalue weighted by atomic mass is 10.1. The fraction of sp³-hybridized carbons (Fsp3) is 0.389. The molecule has 2 fully saturated rings. The molecule has 1 saturated heterocycles. The summed E-state index contributed by atoms with van der Waals surface area (Å²) in [6.07, 6.45) is 1.43. The molecular weight excluding hydrogens is 391 g/mol. The molecule has 27 heavy (non-hydrogen) atoms. The van der Waals surface area contributed by atoms with E-state index in [4.69, 9.17) is 4.74 Å². The minimum absolute atomic E-state index is 0.110. The molecule has 1 saturated carbocycles. The monoisotopic (exact) mass is 410 g/mol. The summed E-state index contributed by atoms with van der Waals surface area (Å²) >= 11 is 1.34. The van der Waals surface area contributed by atoms with Gasteiger partial charge in [0, 0.05) is 18.6 Å². The number of thiophene rings is 1. The quantitative estimate of drug-likeness (QED) is 0.822. The van der Waals surface area contributed by atoms with Crippen molar-refractivity contribution in [1.29, 1.82) is 0 Å². The molecule has 1 amide bonds. The van der Waals surface area contributed by atoms with E-state index in [2.05, 4.69) is 5.32 Å². The predicted octanol–water partition coefficient (Wildman–Crippen LogP) is 2.48. The minimum atomic E-state index is -3.94. The number of piperidine rings is 1. The van der Waals surface area contributed by atoms with Gasteiger partial charge in [-0.25, -0.2) is 12.8 Å². The van der Waals surface area contributed by atoms with Gasteiger partial charge in [0.25, 0.3) is 5.91 Å². The Balaban J connectivity index is 1.59. The molecule has 0 spiro atoms. The topological polar surface area (TPSA) is 75.7 Å². The summed E-state index contributed by atoms with van der Waals surface area (Å²) in [5, 5.41) is 4.79. The Bertz CT molecular complexity index is 962. The van der Waals surface area contributed by atoms with E-state index in [1.54, 1.807) is 12.1 Å². The summed E-state index contributed by atoms with van der Waals surface area (Å²) in [5.41, 5.74) is 0. The largest absolute Gasteiger partial charge is 0.495 e. The van der Waals surface area contributed by atoms with Crippen LogP contribution in [0.25, 0.3) is 0 Å². The molecule has 3 atom stereocenters. The summed E-state index contributed by atoms with van der Waals surface area (Å²) in [6.45, 7) is 0.373. The molecule has 1 aliphatic carbocycles. The van der Waals surface area contributed by atoms with Gasteiger partial charge in [-0.1, -0.05) is 6.07 Å². The summed E-state index contributed by atoms with van der Waals surface area (Å²) in [4.78, 5) is 12.8. The lowest BCUT2D eigenvalue weighted by Crippen LogP contribution is -2.51. The van der Waals surface area contributed by atoms with Crippen molar-refractivity contribution in [2.24, 2.45) is 5.92 Å². The number of hydrogen-bond acceptors (Lipinski definition) is 5. The van der Waals surface area contributed by atoms with Crippen molar-refractivity contribution >= 4 is 27.3 Å². The van der Waals surface area contributed by atoms with Crippen LogP contribution in [-0.2, 0) is 10.0 Å². The van der Waals surface area contributed by atoms with E-state index in [0.29, 0.717) is 17.8 Å². The van der Waals surface area contributed by atoms with Crippen LogP contribution in [0.4, 0.5) is 4.39 Å². The number of benzene rings is 1. The Morgan fingerprint density at radius 2 is 2.15 bits per heavy atom. The Hall–Kier alpha value is -1.97. The average molecular weight is 410 g/mol. The van der Waals surface area contributed by atoms with E-state index < -0.39 is 15.8 Å². The Morgan fingerprint density at radius 1 is 1.33 bits per heavy atom. The molecule has 9 heteroatoms. The van der Waals surface area contributed by atoms with Gasteiger partial charge in [0.2, 0.25) is 10.0 Å². The maximum absolute atomic E-state index is 13.7. The van der Waals surface area contributed by atoms with Crippen LogP contribution in [0, 0.1) is 11.7 Å². The summed E-state index contributed by atoms with van der Waals surface area (Å²) < 4.78 is 46.6. The molecule has 4 rings (SSSR count). The summed E-state index contributed by atoms with van der Waals surface area (Å²) in [6, 6.07) is 6.40. The molecule has 2 aromatic rings. The Labute approximate surface area is 161 Å². The highest BCUT2D eigenvalue weighted by molar-refractivity contribution is 7.89. The van der Waals surface area contributed by atoms with Gasteiger partial charge in [-0.3, -0.25) is 4.79 Å². The maximum atomic E-state index is 13.7. The molecule has 1 aromatic carbocycles. The van der Waals surface area contributed by atoms with Crippen LogP contribution in [-0.4, -0.2) is 44.4 Å². The van der Waals surface area contributed by atoms with Crippen molar-refractivity contribution in [2.75, 3.05) is 13.7 Å². The number of fused-ring (bicyclic) bond motifs is 2. The smallest absolute Gasteiger partial charge is 0.261 e. The third kappa shape index (κ3) is 3.24. The molecule has 1 aromatic heterocycles. The van der Waals surface area contributed by atoms with Gasteiger partial charge in [0.05, 0.1) is 12.0 Å². The highest BCUT2D eigenvalue weighted by atomic mass is 32.2. The number of halogens is 1. The zero-order chi connectivity index (χ0) is 19.2. The predicted molar refractivity (Wildman–Crippen MR) is 98.9 cm³/mol. The molecule has 0 unspecified atom stereocenters. The molecule has 1 aliphatic heterocycles. The number of amides is 1. The van der Waals surface area contributed by atoms with Gasteiger partial charge in [-0.05, 0) is 48.4 Å². The number of nitrogens with one attached hydrogen (secondary N) is 1. The molecule has 2 aliphatic rings. The zero-order valence-electron chi connectivity index (χ0n) is 14.6. The van der Waals surface area contributed by atoms with Crippen molar-refractivity contribution in [3.8, 4) is 5.75 Å². The number of carbonyl (C=O) groups excluding carboxylic acids is 1. The number of ether oxygens (including phenoxy) is 1.